The molecule has 23 heavy (non-hydrogen) atoms. The van der Waals surface area contributed by atoms with Gasteiger partial charge in [-0.05, 0) is 41.3 Å². The number of amides is 1. The highest BCUT2D eigenvalue weighted by Gasteiger charge is 2.18. The average molecular weight is 380 g/mol. The highest BCUT2D eigenvalue weighted by atomic mass is 79.9. The fourth-order valence-corrected chi connectivity index (χ4v) is 2.49. The number of nitrogens with one attached hydrogen (secondary N) is 1. The Kier molecular flexibility index (Phi) is 5.09. The Morgan fingerprint density at radius 2 is 1.87 bits per heavy atom. The molecule has 5 heteroatoms. The number of carbonyl (C=O) groups is 1. The highest BCUT2D eigenvalue weighted by Crippen LogP contribution is 2.32. The van der Waals surface area contributed by atoms with E-state index in [9.17, 15) is 9.18 Å². The summed E-state index contributed by atoms with van der Waals surface area (Å²) in [5, 5.41) is 2.73. The van der Waals surface area contributed by atoms with E-state index in [0.717, 1.165) is 5.56 Å². The highest BCUT2D eigenvalue weighted by molar-refractivity contribution is 9.10. The topological polar surface area (TPSA) is 38.3 Å². The van der Waals surface area contributed by atoms with E-state index >= 15 is 0 Å². The molecule has 0 heterocycles. The lowest BCUT2D eigenvalue weighted by atomic mass is 9.87. The molecule has 2 aromatic carbocycles. The molecule has 0 aromatic heterocycles. The van der Waals surface area contributed by atoms with Gasteiger partial charge in [0, 0.05) is 4.47 Å². The zero-order valence-corrected chi connectivity index (χ0v) is 15.1. The van der Waals surface area contributed by atoms with E-state index in [4.69, 9.17) is 4.74 Å². The van der Waals surface area contributed by atoms with Gasteiger partial charge in [0.1, 0.15) is 11.6 Å². The molecule has 1 N–H and O–H groups in total. The molecule has 0 aliphatic carbocycles. The van der Waals surface area contributed by atoms with Crippen LogP contribution in [0.1, 0.15) is 36.7 Å². The molecule has 122 valence electrons. The third-order valence-corrected chi connectivity index (χ3v) is 3.98. The summed E-state index contributed by atoms with van der Waals surface area (Å²) < 4.78 is 19.8. The molecule has 0 aliphatic heterocycles. The minimum atomic E-state index is -0.573. The lowest BCUT2D eigenvalue weighted by Gasteiger charge is -2.21. The summed E-state index contributed by atoms with van der Waals surface area (Å²) in [5.41, 5.74) is 1.46. The number of carbonyl (C=O) groups excluding carboxylic acids is 1. The number of ether oxygens (including phenoxy) is 1. The molecule has 3 nitrogen and oxygen atoms in total. The van der Waals surface area contributed by atoms with Crippen molar-refractivity contribution in [3.8, 4) is 5.75 Å². The summed E-state index contributed by atoms with van der Waals surface area (Å²) in [6, 6.07) is 9.85. The number of hydrogen-bond acceptors (Lipinski definition) is 2. The van der Waals surface area contributed by atoms with Crippen molar-refractivity contribution in [2.75, 3.05) is 12.4 Å². The zero-order chi connectivity index (χ0) is 17.2. The normalized spacial score (nSPS) is 11.2. The van der Waals surface area contributed by atoms with Crippen LogP contribution in [0, 0.1) is 5.82 Å². The molecule has 0 fully saturated rings. The summed E-state index contributed by atoms with van der Waals surface area (Å²) in [4.78, 5) is 12.4. The van der Waals surface area contributed by atoms with Gasteiger partial charge in [0.05, 0.1) is 18.4 Å². The molecule has 1 amide bonds. The summed E-state index contributed by atoms with van der Waals surface area (Å²) >= 11 is 3.24. The fourth-order valence-electron chi connectivity index (χ4n) is 2.13. The Hall–Kier alpha value is -1.88. The Morgan fingerprint density at radius 3 is 2.48 bits per heavy atom. The van der Waals surface area contributed by atoms with Crippen LogP contribution in [0.2, 0.25) is 0 Å². The minimum Gasteiger partial charge on any atom is -0.495 e. The average Bonchev–Trinajstić information content (AvgIpc) is 2.48. The van der Waals surface area contributed by atoms with E-state index in [1.165, 1.54) is 19.2 Å². The Bertz CT molecular complexity index is 738. The van der Waals surface area contributed by atoms with Crippen LogP contribution in [0.5, 0.6) is 5.75 Å². The number of benzene rings is 2. The first-order valence-electron chi connectivity index (χ1n) is 7.17. The first-order chi connectivity index (χ1) is 10.7. The van der Waals surface area contributed by atoms with Crippen molar-refractivity contribution >= 4 is 27.5 Å². The van der Waals surface area contributed by atoms with Crippen LogP contribution in [-0.2, 0) is 5.41 Å². The molecule has 2 aromatic rings. The van der Waals surface area contributed by atoms with Gasteiger partial charge in [0.2, 0.25) is 0 Å². The minimum absolute atomic E-state index is 0.0254. The Morgan fingerprint density at radius 1 is 1.17 bits per heavy atom. The first kappa shape index (κ1) is 17.5. The van der Waals surface area contributed by atoms with Crippen molar-refractivity contribution in [3.63, 3.8) is 0 Å². The monoisotopic (exact) mass is 379 g/mol. The van der Waals surface area contributed by atoms with Crippen LogP contribution in [0.15, 0.2) is 40.9 Å². The second kappa shape index (κ2) is 6.71. The molecule has 0 spiro atoms. The fraction of sp³-hybridized carbons (Fsp3) is 0.278. The molecule has 0 atom stereocenters. The second-order valence-electron chi connectivity index (χ2n) is 6.24. The van der Waals surface area contributed by atoms with E-state index in [2.05, 4.69) is 42.0 Å². The van der Waals surface area contributed by atoms with Crippen LogP contribution in [-0.4, -0.2) is 13.0 Å². The van der Waals surface area contributed by atoms with Gasteiger partial charge in [-0.1, -0.05) is 42.8 Å². The maximum Gasteiger partial charge on any atom is 0.258 e. The summed E-state index contributed by atoms with van der Waals surface area (Å²) in [6.45, 7) is 6.23. The lowest BCUT2D eigenvalue weighted by Crippen LogP contribution is -2.16. The molecule has 0 aliphatic rings. The van der Waals surface area contributed by atoms with Crippen LogP contribution in [0.4, 0.5) is 10.1 Å². The summed E-state index contributed by atoms with van der Waals surface area (Å²) in [6.07, 6.45) is 0. The third-order valence-electron chi connectivity index (χ3n) is 3.49. The van der Waals surface area contributed by atoms with Crippen molar-refractivity contribution in [2.24, 2.45) is 0 Å². The molecular weight excluding hydrogens is 361 g/mol. The molecule has 0 saturated heterocycles. The molecular formula is C18H19BrFNO2. The van der Waals surface area contributed by atoms with Crippen molar-refractivity contribution in [1.82, 2.24) is 0 Å². The zero-order valence-electron chi connectivity index (χ0n) is 13.5. The predicted molar refractivity (Wildman–Crippen MR) is 93.7 cm³/mol. The first-order valence-corrected chi connectivity index (χ1v) is 7.96. The van der Waals surface area contributed by atoms with Gasteiger partial charge in [-0.15, -0.1) is 0 Å². The molecule has 0 unspecified atom stereocenters. The van der Waals surface area contributed by atoms with Crippen molar-refractivity contribution in [2.45, 2.75) is 26.2 Å². The Labute approximate surface area is 144 Å². The number of hydrogen-bond donors (Lipinski definition) is 1. The van der Waals surface area contributed by atoms with Crippen molar-refractivity contribution in [1.29, 1.82) is 0 Å². The van der Waals surface area contributed by atoms with Crippen molar-refractivity contribution in [3.05, 3.63) is 57.8 Å². The standard InChI is InChI=1S/C18H19BrFNO2/c1-18(2,3)11-5-8-16(23-4)15(9-11)21-17(22)13-10-12(19)6-7-14(13)20/h5-10H,1-4H3,(H,21,22). The van der Waals surface area contributed by atoms with E-state index in [1.54, 1.807) is 12.1 Å². The largest absolute Gasteiger partial charge is 0.495 e. The number of methoxy groups -OCH3 is 1. The summed E-state index contributed by atoms with van der Waals surface area (Å²) in [5.74, 6) is -0.563. The van der Waals surface area contributed by atoms with E-state index in [1.807, 2.05) is 12.1 Å². The lowest BCUT2D eigenvalue weighted by molar-refractivity contribution is 0.102. The van der Waals surface area contributed by atoms with Crippen LogP contribution in [0.3, 0.4) is 0 Å². The van der Waals surface area contributed by atoms with E-state index in [-0.39, 0.29) is 11.0 Å². The number of halogens is 2. The molecule has 0 bridgehead atoms. The third kappa shape index (κ3) is 4.10. The molecule has 0 saturated carbocycles. The number of anilines is 1. The summed E-state index contributed by atoms with van der Waals surface area (Å²) in [7, 11) is 1.53. The maximum absolute atomic E-state index is 13.9. The van der Waals surface area contributed by atoms with Gasteiger partial charge >= 0.3 is 0 Å². The van der Waals surface area contributed by atoms with E-state index < -0.39 is 11.7 Å². The van der Waals surface area contributed by atoms with Gasteiger partial charge in [0.15, 0.2) is 0 Å². The second-order valence-corrected chi connectivity index (χ2v) is 7.16. The van der Waals surface area contributed by atoms with Gasteiger partial charge in [0.25, 0.3) is 5.91 Å². The van der Waals surface area contributed by atoms with Crippen LogP contribution in [0.25, 0.3) is 0 Å². The van der Waals surface area contributed by atoms with Gasteiger partial charge in [-0.25, -0.2) is 4.39 Å². The smallest absolute Gasteiger partial charge is 0.258 e. The van der Waals surface area contributed by atoms with E-state index in [0.29, 0.717) is 15.9 Å². The number of rotatable bonds is 3. The van der Waals surface area contributed by atoms with Crippen LogP contribution < -0.4 is 10.1 Å². The van der Waals surface area contributed by atoms with Crippen molar-refractivity contribution < 1.29 is 13.9 Å². The predicted octanol–water partition coefficient (Wildman–Crippen LogP) is 5.15. The van der Waals surface area contributed by atoms with Gasteiger partial charge in [-0.2, -0.15) is 0 Å². The van der Waals surface area contributed by atoms with Crippen LogP contribution >= 0.6 is 15.9 Å². The molecule has 2 rings (SSSR count). The quantitative estimate of drug-likeness (QED) is 0.800. The van der Waals surface area contributed by atoms with Gasteiger partial charge in [-0.3, -0.25) is 4.79 Å². The maximum atomic E-state index is 13.9. The Balaban J connectivity index is 2.38. The molecule has 0 radical (unpaired) electrons. The van der Waals surface area contributed by atoms with Gasteiger partial charge < -0.3 is 10.1 Å². The SMILES string of the molecule is COc1ccc(C(C)(C)C)cc1NC(=O)c1cc(Br)ccc1F.